The largest absolute Gasteiger partial charge is 0.464 e. The molecule has 2 rings (SSSR count). The van der Waals surface area contributed by atoms with Crippen molar-refractivity contribution in [2.45, 2.75) is 0 Å². The number of fused-ring (bicyclic) bond motifs is 1. The third-order valence-electron chi connectivity index (χ3n) is 2.12. The molecule has 0 aliphatic carbocycles. The van der Waals surface area contributed by atoms with Gasteiger partial charge in [0.15, 0.2) is 5.69 Å². The van der Waals surface area contributed by atoms with Crippen LogP contribution >= 0.6 is 34.2 Å². The molecule has 0 saturated carbocycles. The molecule has 0 bridgehead atoms. The van der Waals surface area contributed by atoms with Crippen molar-refractivity contribution in [2.75, 3.05) is 7.11 Å². The average Bonchev–Trinajstić information content (AvgIpc) is 2.27. The lowest BCUT2D eigenvalue weighted by atomic mass is 10.2. The first-order valence-electron chi connectivity index (χ1n) is 4.46. The number of hydrogen-bond acceptors (Lipinski definition) is 3. The van der Waals surface area contributed by atoms with Gasteiger partial charge < -0.3 is 4.74 Å². The van der Waals surface area contributed by atoms with E-state index < -0.39 is 5.97 Å². The van der Waals surface area contributed by atoms with Crippen molar-refractivity contribution in [3.05, 3.63) is 38.6 Å². The molecule has 0 spiro atoms. The number of aromatic nitrogens is 1. The zero-order valence-electron chi connectivity index (χ0n) is 8.33. The van der Waals surface area contributed by atoms with Gasteiger partial charge in [0, 0.05) is 8.96 Å². The Morgan fingerprint density at radius 3 is 2.88 bits per heavy atom. The van der Waals surface area contributed by atoms with Gasteiger partial charge in [-0.1, -0.05) is 17.7 Å². The zero-order chi connectivity index (χ0) is 11.7. The van der Waals surface area contributed by atoms with Crippen LogP contribution in [0.1, 0.15) is 10.5 Å². The van der Waals surface area contributed by atoms with Crippen molar-refractivity contribution in [1.29, 1.82) is 0 Å². The molecule has 0 fully saturated rings. The highest BCUT2D eigenvalue weighted by Crippen LogP contribution is 2.24. The fraction of sp³-hybridized carbons (Fsp3) is 0.0909. The number of methoxy groups -OCH3 is 1. The van der Waals surface area contributed by atoms with Crippen molar-refractivity contribution in [3.63, 3.8) is 0 Å². The van der Waals surface area contributed by atoms with Crippen molar-refractivity contribution >= 4 is 51.1 Å². The Labute approximate surface area is 111 Å². The van der Waals surface area contributed by atoms with Crippen LogP contribution in [0.3, 0.4) is 0 Å². The van der Waals surface area contributed by atoms with Gasteiger partial charge in [-0.25, -0.2) is 9.78 Å². The number of carbonyl (C=O) groups excluding carboxylic acids is 1. The first-order valence-corrected chi connectivity index (χ1v) is 5.91. The molecule has 2 aromatic rings. The molecule has 0 aliphatic rings. The Morgan fingerprint density at radius 1 is 1.44 bits per heavy atom. The summed E-state index contributed by atoms with van der Waals surface area (Å²) < 4.78 is 5.65. The molecular weight excluding hydrogens is 340 g/mol. The van der Waals surface area contributed by atoms with Crippen LogP contribution < -0.4 is 0 Å². The number of nitrogens with zero attached hydrogens (tertiary/aromatic N) is 1. The molecule has 3 nitrogen and oxygen atoms in total. The predicted molar refractivity (Wildman–Crippen MR) is 70.8 cm³/mol. The quantitative estimate of drug-likeness (QED) is 0.587. The van der Waals surface area contributed by atoms with Gasteiger partial charge in [-0.05, 0) is 40.8 Å². The number of rotatable bonds is 1. The first-order chi connectivity index (χ1) is 7.61. The summed E-state index contributed by atoms with van der Waals surface area (Å²) in [6.45, 7) is 0. The normalized spacial score (nSPS) is 10.4. The van der Waals surface area contributed by atoms with Crippen LogP contribution in [-0.4, -0.2) is 18.1 Å². The van der Waals surface area contributed by atoms with E-state index in [1.807, 2.05) is 18.2 Å². The smallest absolute Gasteiger partial charge is 0.356 e. The summed E-state index contributed by atoms with van der Waals surface area (Å²) in [6.07, 6.45) is 0. The van der Waals surface area contributed by atoms with E-state index in [4.69, 9.17) is 11.6 Å². The van der Waals surface area contributed by atoms with E-state index in [1.54, 1.807) is 0 Å². The van der Waals surface area contributed by atoms with Crippen LogP contribution in [0.4, 0.5) is 0 Å². The molecule has 0 amide bonds. The highest BCUT2D eigenvalue weighted by Gasteiger charge is 2.11. The SMILES string of the molecule is COC(=O)c1cc(Cl)c2ccc(I)cc2n1. The minimum absolute atomic E-state index is 0.224. The molecule has 0 saturated heterocycles. The van der Waals surface area contributed by atoms with Crippen LogP contribution in [0, 0.1) is 3.57 Å². The van der Waals surface area contributed by atoms with Crippen LogP contribution in [0.15, 0.2) is 24.3 Å². The molecule has 0 aliphatic heterocycles. The summed E-state index contributed by atoms with van der Waals surface area (Å²) in [6, 6.07) is 7.21. The van der Waals surface area contributed by atoms with Crippen LogP contribution in [0.2, 0.25) is 5.02 Å². The van der Waals surface area contributed by atoms with E-state index in [0.717, 1.165) is 8.96 Å². The van der Waals surface area contributed by atoms with Crippen LogP contribution in [0.5, 0.6) is 0 Å². The number of esters is 1. The second-order valence-electron chi connectivity index (χ2n) is 3.14. The maximum atomic E-state index is 11.3. The van der Waals surface area contributed by atoms with Gasteiger partial charge in [-0.15, -0.1) is 0 Å². The topological polar surface area (TPSA) is 39.2 Å². The summed E-state index contributed by atoms with van der Waals surface area (Å²) in [5, 5.41) is 1.33. The Morgan fingerprint density at radius 2 is 2.19 bits per heavy atom. The lowest BCUT2D eigenvalue weighted by Gasteiger charge is -2.04. The molecule has 16 heavy (non-hydrogen) atoms. The van der Waals surface area contributed by atoms with Crippen LogP contribution in [0.25, 0.3) is 10.9 Å². The van der Waals surface area contributed by atoms with E-state index in [1.165, 1.54) is 13.2 Å². The van der Waals surface area contributed by atoms with Gasteiger partial charge in [-0.3, -0.25) is 0 Å². The van der Waals surface area contributed by atoms with E-state index >= 15 is 0 Å². The monoisotopic (exact) mass is 347 g/mol. The Kier molecular flexibility index (Phi) is 3.30. The molecule has 0 unspecified atom stereocenters. The minimum Gasteiger partial charge on any atom is -0.464 e. The maximum Gasteiger partial charge on any atom is 0.356 e. The number of pyridine rings is 1. The predicted octanol–water partition coefficient (Wildman–Crippen LogP) is 3.28. The van der Waals surface area contributed by atoms with Gasteiger partial charge in [-0.2, -0.15) is 0 Å². The van der Waals surface area contributed by atoms with Crippen molar-refractivity contribution in [1.82, 2.24) is 4.98 Å². The number of ether oxygens (including phenoxy) is 1. The molecule has 1 aromatic heterocycles. The van der Waals surface area contributed by atoms with E-state index in [2.05, 4.69) is 32.3 Å². The molecular formula is C11H7ClINO2. The fourth-order valence-corrected chi connectivity index (χ4v) is 2.11. The second kappa shape index (κ2) is 4.55. The van der Waals surface area contributed by atoms with Crippen molar-refractivity contribution in [3.8, 4) is 0 Å². The zero-order valence-corrected chi connectivity index (χ0v) is 11.2. The van der Waals surface area contributed by atoms with Gasteiger partial charge >= 0.3 is 5.97 Å². The highest BCUT2D eigenvalue weighted by atomic mass is 127. The minimum atomic E-state index is -0.484. The third kappa shape index (κ3) is 2.12. The van der Waals surface area contributed by atoms with E-state index in [9.17, 15) is 4.79 Å². The second-order valence-corrected chi connectivity index (χ2v) is 4.80. The van der Waals surface area contributed by atoms with Crippen molar-refractivity contribution in [2.24, 2.45) is 0 Å². The summed E-state index contributed by atoms with van der Waals surface area (Å²) in [7, 11) is 1.32. The summed E-state index contributed by atoms with van der Waals surface area (Å²) in [4.78, 5) is 15.6. The number of benzene rings is 1. The molecule has 5 heteroatoms. The summed E-state index contributed by atoms with van der Waals surface area (Å²) in [5.41, 5.74) is 0.918. The molecule has 1 aromatic carbocycles. The average molecular weight is 348 g/mol. The first kappa shape index (κ1) is 11.6. The molecule has 0 radical (unpaired) electrons. The van der Waals surface area contributed by atoms with Gasteiger partial charge in [0.05, 0.1) is 17.6 Å². The summed E-state index contributed by atoms with van der Waals surface area (Å²) in [5.74, 6) is -0.484. The van der Waals surface area contributed by atoms with Gasteiger partial charge in [0.2, 0.25) is 0 Å². The lowest BCUT2D eigenvalue weighted by Crippen LogP contribution is -2.04. The third-order valence-corrected chi connectivity index (χ3v) is 3.10. The van der Waals surface area contributed by atoms with Crippen molar-refractivity contribution < 1.29 is 9.53 Å². The highest BCUT2D eigenvalue weighted by molar-refractivity contribution is 14.1. The summed E-state index contributed by atoms with van der Waals surface area (Å²) >= 11 is 8.24. The van der Waals surface area contributed by atoms with E-state index in [0.29, 0.717) is 10.5 Å². The van der Waals surface area contributed by atoms with Gasteiger partial charge in [0.25, 0.3) is 0 Å². The Hall–Kier alpha value is -0.880. The number of carbonyl (C=O) groups is 1. The molecule has 82 valence electrons. The molecule has 0 N–H and O–H groups in total. The van der Waals surface area contributed by atoms with Gasteiger partial charge in [0.1, 0.15) is 0 Å². The Balaban J connectivity index is 2.69. The number of halogens is 2. The maximum absolute atomic E-state index is 11.3. The standard InChI is InChI=1S/C11H7ClINO2/c1-16-11(15)10-5-8(12)7-3-2-6(13)4-9(7)14-10/h2-5H,1H3. The lowest BCUT2D eigenvalue weighted by molar-refractivity contribution is 0.0594. The van der Waals surface area contributed by atoms with E-state index in [-0.39, 0.29) is 5.69 Å². The molecule has 1 heterocycles. The fourth-order valence-electron chi connectivity index (χ4n) is 1.37. The molecule has 0 atom stereocenters. The Bertz CT molecular complexity index is 571. The number of hydrogen-bond donors (Lipinski definition) is 0. The van der Waals surface area contributed by atoms with Crippen LogP contribution in [-0.2, 0) is 4.74 Å².